The van der Waals surface area contributed by atoms with Crippen molar-refractivity contribution in [1.82, 2.24) is 0 Å². The summed E-state index contributed by atoms with van der Waals surface area (Å²) in [5, 5.41) is 0. The van der Waals surface area contributed by atoms with E-state index in [1.807, 2.05) is 0 Å². The number of hydrogen-bond acceptors (Lipinski definition) is 2. The quantitative estimate of drug-likeness (QED) is 0.591. The Hall–Kier alpha value is -1.84. The van der Waals surface area contributed by atoms with Gasteiger partial charge in [0.2, 0.25) is 5.91 Å². The number of ether oxygens (including phenoxy) is 1. The van der Waals surface area contributed by atoms with Gasteiger partial charge in [-0.3, -0.25) is 9.18 Å². The van der Waals surface area contributed by atoms with Crippen molar-refractivity contribution in [2.24, 2.45) is 5.73 Å². The van der Waals surface area contributed by atoms with Crippen LogP contribution in [0, 0.1) is 0 Å². The minimum absolute atomic E-state index is 0.368. The van der Waals surface area contributed by atoms with Crippen LogP contribution in [0.5, 0.6) is 5.75 Å². The Labute approximate surface area is 93.7 Å². The maximum absolute atomic E-state index is 11.8. The van der Waals surface area contributed by atoms with Crippen molar-refractivity contribution in [1.29, 1.82) is 0 Å². The summed E-state index contributed by atoms with van der Waals surface area (Å²) in [7, 11) is 0. The van der Waals surface area contributed by atoms with Crippen molar-refractivity contribution in [2.45, 2.75) is 6.42 Å². The molecule has 4 heteroatoms. The molecule has 0 spiro atoms. The second kappa shape index (κ2) is 6.61. The number of benzene rings is 1. The van der Waals surface area contributed by atoms with E-state index < -0.39 is 5.91 Å². The molecule has 1 aromatic rings. The molecule has 0 aliphatic rings. The fraction of sp³-hybridized carbons (Fsp3) is 0.250. The molecule has 0 aliphatic carbocycles. The molecule has 0 atom stereocenters. The van der Waals surface area contributed by atoms with Crippen LogP contribution in [0.3, 0.4) is 0 Å². The molecule has 1 aromatic carbocycles. The Morgan fingerprint density at radius 3 is 2.62 bits per heavy atom. The van der Waals surface area contributed by atoms with E-state index in [-0.39, 0.29) is 6.67 Å². The average Bonchev–Trinajstić information content (AvgIpc) is 2.28. The van der Waals surface area contributed by atoms with Crippen molar-refractivity contribution in [3.8, 4) is 5.75 Å². The van der Waals surface area contributed by atoms with Gasteiger partial charge in [0.1, 0.15) is 5.75 Å². The molecule has 86 valence electrons. The van der Waals surface area contributed by atoms with E-state index in [0.29, 0.717) is 18.8 Å². The third kappa shape index (κ3) is 4.59. The van der Waals surface area contributed by atoms with Crippen LogP contribution < -0.4 is 10.5 Å². The zero-order chi connectivity index (χ0) is 11.8. The second-order valence-electron chi connectivity index (χ2n) is 3.20. The van der Waals surface area contributed by atoms with Gasteiger partial charge in [-0.05, 0) is 23.8 Å². The van der Waals surface area contributed by atoms with Crippen LogP contribution in [0.2, 0.25) is 0 Å². The molecule has 1 rings (SSSR count). The molecule has 0 aliphatic heterocycles. The zero-order valence-electron chi connectivity index (χ0n) is 8.86. The lowest BCUT2D eigenvalue weighted by molar-refractivity contribution is -0.113. The number of rotatable bonds is 6. The Morgan fingerprint density at radius 2 is 2.06 bits per heavy atom. The van der Waals surface area contributed by atoms with Gasteiger partial charge in [0.05, 0.1) is 13.3 Å². The topological polar surface area (TPSA) is 52.3 Å². The number of halogens is 1. The summed E-state index contributed by atoms with van der Waals surface area (Å²) in [5.74, 6) is 0.202. The van der Waals surface area contributed by atoms with Crippen LogP contribution in [0.1, 0.15) is 12.0 Å². The molecule has 2 N–H and O–H groups in total. The van der Waals surface area contributed by atoms with Crippen LogP contribution >= 0.6 is 0 Å². The highest BCUT2D eigenvalue weighted by Crippen LogP contribution is 2.13. The maximum Gasteiger partial charge on any atom is 0.241 e. The van der Waals surface area contributed by atoms with Gasteiger partial charge in [0.25, 0.3) is 0 Å². The third-order valence-electron chi connectivity index (χ3n) is 1.87. The summed E-state index contributed by atoms with van der Waals surface area (Å²) in [6, 6.07) is 7.12. The predicted octanol–water partition coefficient (Wildman–Crippen LogP) is 1.92. The highest BCUT2D eigenvalue weighted by Gasteiger charge is 1.94. The van der Waals surface area contributed by atoms with Gasteiger partial charge in [-0.25, -0.2) is 0 Å². The third-order valence-corrected chi connectivity index (χ3v) is 1.87. The molecule has 0 fully saturated rings. The van der Waals surface area contributed by atoms with E-state index in [1.165, 1.54) is 6.08 Å². The molecule has 0 saturated heterocycles. The first-order chi connectivity index (χ1) is 7.72. The molecular weight excluding hydrogens is 209 g/mol. The molecule has 3 nitrogen and oxygen atoms in total. The van der Waals surface area contributed by atoms with E-state index >= 15 is 0 Å². The second-order valence-corrected chi connectivity index (χ2v) is 3.20. The van der Waals surface area contributed by atoms with Crippen LogP contribution in [-0.4, -0.2) is 19.2 Å². The summed E-state index contributed by atoms with van der Waals surface area (Å²) in [5.41, 5.74) is 5.82. The summed E-state index contributed by atoms with van der Waals surface area (Å²) in [6.45, 7) is -0.00753. The van der Waals surface area contributed by atoms with Crippen molar-refractivity contribution in [3.05, 3.63) is 35.9 Å². The molecule has 0 radical (unpaired) electrons. The first kappa shape index (κ1) is 12.2. The highest BCUT2D eigenvalue weighted by atomic mass is 19.1. The van der Waals surface area contributed by atoms with Crippen molar-refractivity contribution in [3.63, 3.8) is 0 Å². The largest absolute Gasteiger partial charge is 0.493 e. The number of nitrogens with two attached hydrogens (primary N) is 1. The molecule has 1 amide bonds. The molecule has 0 saturated carbocycles. The van der Waals surface area contributed by atoms with Gasteiger partial charge in [-0.2, -0.15) is 0 Å². The van der Waals surface area contributed by atoms with Crippen LogP contribution in [0.15, 0.2) is 30.3 Å². The number of carbonyl (C=O) groups excluding carboxylic acids is 1. The first-order valence-corrected chi connectivity index (χ1v) is 4.98. The van der Waals surface area contributed by atoms with E-state index in [4.69, 9.17) is 10.5 Å². The fourth-order valence-electron chi connectivity index (χ4n) is 1.10. The van der Waals surface area contributed by atoms with E-state index in [0.717, 1.165) is 5.56 Å². The van der Waals surface area contributed by atoms with Gasteiger partial charge >= 0.3 is 0 Å². The minimum atomic E-state index is -0.483. The lowest BCUT2D eigenvalue weighted by atomic mass is 10.2. The Bertz CT molecular complexity index is 360. The number of hydrogen-bond donors (Lipinski definition) is 1. The van der Waals surface area contributed by atoms with Crippen LogP contribution in [-0.2, 0) is 4.79 Å². The molecule has 0 bridgehead atoms. The Kier molecular flexibility index (Phi) is 5.05. The molecular formula is C12H14FNO2. The van der Waals surface area contributed by atoms with Gasteiger partial charge in [0.15, 0.2) is 0 Å². The summed E-state index contributed by atoms with van der Waals surface area (Å²) >= 11 is 0. The lowest BCUT2D eigenvalue weighted by Crippen LogP contribution is -2.05. The van der Waals surface area contributed by atoms with E-state index in [9.17, 15) is 9.18 Å². The van der Waals surface area contributed by atoms with Crippen LogP contribution in [0.25, 0.3) is 6.08 Å². The van der Waals surface area contributed by atoms with Crippen molar-refractivity contribution in [2.75, 3.05) is 13.3 Å². The number of carbonyl (C=O) groups is 1. The monoisotopic (exact) mass is 223 g/mol. The molecule has 16 heavy (non-hydrogen) atoms. The van der Waals surface area contributed by atoms with E-state index in [1.54, 1.807) is 30.3 Å². The summed E-state index contributed by atoms with van der Waals surface area (Å²) < 4.78 is 17.1. The van der Waals surface area contributed by atoms with Gasteiger partial charge in [-0.15, -0.1) is 0 Å². The fourth-order valence-corrected chi connectivity index (χ4v) is 1.10. The van der Waals surface area contributed by atoms with Gasteiger partial charge in [0, 0.05) is 12.5 Å². The van der Waals surface area contributed by atoms with Gasteiger partial charge in [-0.1, -0.05) is 12.1 Å². The minimum Gasteiger partial charge on any atom is -0.493 e. The number of alkyl halides is 1. The number of amides is 1. The molecule has 0 unspecified atom stereocenters. The highest BCUT2D eigenvalue weighted by molar-refractivity contribution is 5.90. The average molecular weight is 223 g/mol. The summed E-state index contributed by atoms with van der Waals surface area (Å²) in [4.78, 5) is 10.5. The standard InChI is InChI=1S/C12H14FNO2/c13-8-1-9-16-11-5-2-10(3-6-11)4-7-12(14)15/h2-7H,1,8-9H2,(H2,14,15)/b7-4-. The first-order valence-electron chi connectivity index (χ1n) is 4.98. The smallest absolute Gasteiger partial charge is 0.241 e. The molecule has 0 heterocycles. The zero-order valence-corrected chi connectivity index (χ0v) is 8.86. The normalized spacial score (nSPS) is 10.6. The Balaban J connectivity index is 2.51. The Morgan fingerprint density at radius 1 is 1.38 bits per heavy atom. The summed E-state index contributed by atoms with van der Waals surface area (Å²) in [6.07, 6.45) is 3.30. The van der Waals surface area contributed by atoms with E-state index in [2.05, 4.69) is 0 Å². The lowest BCUT2D eigenvalue weighted by Gasteiger charge is -2.04. The predicted molar refractivity (Wildman–Crippen MR) is 60.8 cm³/mol. The maximum atomic E-state index is 11.8. The van der Waals surface area contributed by atoms with Crippen LogP contribution in [0.4, 0.5) is 4.39 Å². The number of primary amides is 1. The molecule has 0 aromatic heterocycles. The SMILES string of the molecule is NC(=O)/C=C\c1ccc(OCCCF)cc1. The van der Waals surface area contributed by atoms with Crippen molar-refractivity contribution >= 4 is 12.0 Å². The van der Waals surface area contributed by atoms with Crippen molar-refractivity contribution < 1.29 is 13.9 Å². The van der Waals surface area contributed by atoms with Gasteiger partial charge < -0.3 is 10.5 Å².